The highest BCUT2D eigenvalue weighted by molar-refractivity contribution is 5.19. The molecule has 0 heterocycles. The molecular weight excluding hydrogens is 276 g/mol. The molecule has 1 aromatic carbocycles. The molecule has 2 unspecified atom stereocenters. The summed E-state index contributed by atoms with van der Waals surface area (Å²) in [6.45, 7) is 8.73. The maximum absolute atomic E-state index is 3.87. The SMILES string of the molecule is C=CCCC(CC)CCC(C)C1CCC(c2ccccc2)CC1. The molecule has 1 aliphatic carbocycles. The van der Waals surface area contributed by atoms with E-state index in [1.165, 1.54) is 57.8 Å². The van der Waals surface area contributed by atoms with Crippen molar-refractivity contribution in [3.63, 3.8) is 0 Å². The molecule has 0 spiro atoms. The Bertz CT molecular complexity index is 425. The summed E-state index contributed by atoms with van der Waals surface area (Å²) in [5, 5.41) is 0. The molecule has 0 aromatic heterocycles. The normalized spacial score (nSPS) is 24.1. The monoisotopic (exact) mass is 312 g/mol. The first-order valence-corrected chi connectivity index (χ1v) is 9.90. The van der Waals surface area contributed by atoms with Gasteiger partial charge in [-0.3, -0.25) is 0 Å². The maximum Gasteiger partial charge on any atom is -0.0162 e. The number of hydrogen-bond acceptors (Lipinski definition) is 0. The van der Waals surface area contributed by atoms with Crippen molar-refractivity contribution in [2.24, 2.45) is 17.8 Å². The zero-order chi connectivity index (χ0) is 16.5. The second kappa shape index (κ2) is 9.96. The van der Waals surface area contributed by atoms with Gasteiger partial charge in [0, 0.05) is 0 Å². The highest BCUT2D eigenvalue weighted by Crippen LogP contribution is 2.40. The highest BCUT2D eigenvalue weighted by atomic mass is 14.3. The van der Waals surface area contributed by atoms with Crippen molar-refractivity contribution in [1.82, 2.24) is 0 Å². The predicted octanol–water partition coefficient (Wildman–Crippen LogP) is 7.37. The van der Waals surface area contributed by atoms with Crippen molar-refractivity contribution in [3.8, 4) is 0 Å². The van der Waals surface area contributed by atoms with Crippen LogP contribution >= 0.6 is 0 Å². The van der Waals surface area contributed by atoms with E-state index in [-0.39, 0.29) is 0 Å². The van der Waals surface area contributed by atoms with Crippen LogP contribution in [0, 0.1) is 17.8 Å². The average Bonchev–Trinajstić information content (AvgIpc) is 2.62. The van der Waals surface area contributed by atoms with Crippen molar-refractivity contribution >= 4 is 0 Å². The van der Waals surface area contributed by atoms with Gasteiger partial charge in [0.05, 0.1) is 0 Å². The number of allylic oxidation sites excluding steroid dienone is 1. The third kappa shape index (κ3) is 5.83. The molecule has 0 nitrogen and oxygen atoms in total. The number of rotatable bonds is 9. The van der Waals surface area contributed by atoms with E-state index in [0.717, 1.165) is 23.7 Å². The fraction of sp³-hybridized carbons (Fsp3) is 0.652. The minimum atomic E-state index is 0.815. The first kappa shape index (κ1) is 18.3. The van der Waals surface area contributed by atoms with Crippen molar-refractivity contribution < 1.29 is 0 Å². The Morgan fingerprint density at radius 1 is 1.04 bits per heavy atom. The van der Waals surface area contributed by atoms with E-state index in [4.69, 9.17) is 0 Å². The molecule has 128 valence electrons. The van der Waals surface area contributed by atoms with Gasteiger partial charge in [-0.05, 0) is 67.8 Å². The van der Waals surface area contributed by atoms with Gasteiger partial charge in [0.2, 0.25) is 0 Å². The lowest BCUT2D eigenvalue weighted by molar-refractivity contribution is 0.222. The lowest BCUT2D eigenvalue weighted by Crippen LogP contribution is -2.20. The molecular formula is C23H36. The molecule has 1 aromatic rings. The van der Waals surface area contributed by atoms with E-state index >= 15 is 0 Å². The first-order valence-electron chi connectivity index (χ1n) is 9.90. The van der Waals surface area contributed by atoms with E-state index in [1.54, 1.807) is 5.56 Å². The summed E-state index contributed by atoms with van der Waals surface area (Å²) >= 11 is 0. The van der Waals surface area contributed by atoms with Gasteiger partial charge in [-0.2, -0.15) is 0 Å². The van der Waals surface area contributed by atoms with Crippen LogP contribution in [0.5, 0.6) is 0 Å². The van der Waals surface area contributed by atoms with E-state index in [2.05, 4.69) is 56.8 Å². The zero-order valence-corrected chi connectivity index (χ0v) is 15.3. The van der Waals surface area contributed by atoms with Crippen LogP contribution in [-0.2, 0) is 0 Å². The fourth-order valence-corrected chi connectivity index (χ4v) is 4.39. The molecule has 0 radical (unpaired) electrons. The fourth-order valence-electron chi connectivity index (χ4n) is 4.39. The van der Waals surface area contributed by atoms with Gasteiger partial charge in [-0.25, -0.2) is 0 Å². The van der Waals surface area contributed by atoms with Gasteiger partial charge in [-0.1, -0.05) is 69.5 Å². The molecule has 1 saturated carbocycles. The van der Waals surface area contributed by atoms with Crippen molar-refractivity contribution in [1.29, 1.82) is 0 Å². The minimum Gasteiger partial charge on any atom is -0.103 e. The number of hydrogen-bond donors (Lipinski definition) is 0. The Hall–Kier alpha value is -1.04. The maximum atomic E-state index is 3.87. The van der Waals surface area contributed by atoms with E-state index in [1.807, 2.05) is 0 Å². The molecule has 0 amide bonds. The smallest absolute Gasteiger partial charge is 0.0162 e. The van der Waals surface area contributed by atoms with Crippen LogP contribution in [0.2, 0.25) is 0 Å². The van der Waals surface area contributed by atoms with Gasteiger partial charge >= 0.3 is 0 Å². The minimum absolute atomic E-state index is 0.815. The molecule has 0 heteroatoms. The molecule has 1 aliphatic rings. The predicted molar refractivity (Wildman–Crippen MR) is 103 cm³/mol. The van der Waals surface area contributed by atoms with Gasteiger partial charge < -0.3 is 0 Å². The van der Waals surface area contributed by atoms with Crippen LogP contribution in [0.15, 0.2) is 43.0 Å². The molecule has 0 N–H and O–H groups in total. The summed E-state index contributed by atoms with van der Waals surface area (Å²) in [6.07, 6.45) is 14.5. The lowest BCUT2D eigenvalue weighted by atomic mass is 9.72. The Balaban J connectivity index is 1.72. The molecule has 2 atom stereocenters. The Kier molecular flexibility index (Phi) is 7.92. The molecule has 0 saturated heterocycles. The standard InChI is InChI=1S/C23H36/c1-4-6-10-20(5-2)14-13-19(3)21-15-17-23(18-16-21)22-11-8-7-9-12-22/h4,7-9,11-12,19-21,23H,1,5-6,10,13-18H2,2-3H3. The zero-order valence-electron chi connectivity index (χ0n) is 15.3. The summed E-state index contributed by atoms with van der Waals surface area (Å²) in [7, 11) is 0. The van der Waals surface area contributed by atoms with E-state index in [0.29, 0.717) is 0 Å². The summed E-state index contributed by atoms with van der Waals surface area (Å²) in [5.41, 5.74) is 1.56. The molecule has 0 aliphatic heterocycles. The van der Waals surface area contributed by atoms with E-state index < -0.39 is 0 Å². The topological polar surface area (TPSA) is 0 Å². The van der Waals surface area contributed by atoms with Gasteiger partial charge in [0.15, 0.2) is 0 Å². The Morgan fingerprint density at radius 2 is 1.74 bits per heavy atom. The molecule has 0 bridgehead atoms. The molecule has 1 fully saturated rings. The lowest BCUT2D eigenvalue weighted by Gasteiger charge is -2.33. The summed E-state index contributed by atoms with van der Waals surface area (Å²) in [6, 6.07) is 11.2. The van der Waals surface area contributed by atoms with Crippen molar-refractivity contribution in [2.75, 3.05) is 0 Å². The van der Waals surface area contributed by atoms with Gasteiger partial charge in [0.1, 0.15) is 0 Å². The van der Waals surface area contributed by atoms with Crippen LogP contribution in [0.3, 0.4) is 0 Å². The van der Waals surface area contributed by atoms with Crippen LogP contribution in [0.1, 0.15) is 83.1 Å². The van der Waals surface area contributed by atoms with Gasteiger partial charge in [0.25, 0.3) is 0 Å². The second-order valence-electron chi connectivity index (χ2n) is 7.72. The van der Waals surface area contributed by atoms with Crippen molar-refractivity contribution in [2.45, 2.75) is 77.6 Å². The molecule has 23 heavy (non-hydrogen) atoms. The van der Waals surface area contributed by atoms with Crippen molar-refractivity contribution in [3.05, 3.63) is 48.6 Å². The van der Waals surface area contributed by atoms with Crippen LogP contribution in [0.4, 0.5) is 0 Å². The first-order chi connectivity index (χ1) is 11.2. The van der Waals surface area contributed by atoms with Crippen LogP contribution < -0.4 is 0 Å². The highest BCUT2D eigenvalue weighted by Gasteiger charge is 2.26. The second-order valence-corrected chi connectivity index (χ2v) is 7.72. The average molecular weight is 313 g/mol. The third-order valence-corrected chi connectivity index (χ3v) is 6.23. The Morgan fingerprint density at radius 3 is 2.35 bits per heavy atom. The van der Waals surface area contributed by atoms with Gasteiger partial charge in [-0.15, -0.1) is 6.58 Å². The number of benzene rings is 1. The summed E-state index contributed by atoms with van der Waals surface area (Å²) in [5.74, 6) is 3.60. The summed E-state index contributed by atoms with van der Waals surface area (Å²) in [4.78, 5) is 0. The van der Waals surface area contributed by atoms with E-state index in [9.17, 15) is 0 Å². The molecule has 2 rings (SSSR count). The third-order valence-electron chi connectivity index (χ3n) is 6.23. The van der Waals surface area contributed by atoms with Crippen LogP contribution in [-0.4, -0.2) is 0 Å². The quantitative estimate of drug-likeness (QED) is 0.417. The largest absolute Gasteiger partial charge is 0.103 e. The summed E-state index contributed by atoms with van der Waals surface area (Å²) < 4.78 is 0. The van der Waals surface area contributed by atoms with Crippen LogP contribution in [0.25, 0.3) is 0 Å². The Labute approximate surface area is 144 Å².